The maximum absolute atomic E-state index is 12.0. The van der Waals surface area contributed by atoms with Gasteiger partial charge in [-0.3, -0.25) is 4.55 Å². The van der Waals surface area contributed by atoms with Crippen LogP contribution in [0.2, 0.25) is 0 Å². The van der Waals surface area contributed by atoms with E-state index in [1.807, 2.05) is 0 Å². The molecule has 2 N–H and O–H groups in total. The maximum atomic E-state index is 12.0. The molecule has 0 bridgehead atoms. The number of benzene rings is 2. The van der Waals surface area contributed by atoms with Crippen LogP contribution in [0.15, 0.2) is 36.4 Å². The lowest BCUT2D eigenvalue weighted by atomic mass is 9.99. The van der Waals surface area contributed by atoms with Gasteiger partial charge in [-0.2, -0.15) is 8.42 Å². The summed E-state index contributed by atoms with van der Waals surface area (Å²) in [4.78, 5) is 0. The van der Waals surface area contributed by atoms with Crippen molar-refractivity contribution in [3.63, 3.8) is 0 Å². The number of phenols is 1. The summed E-state index contributed by atoms with van der Waals surface area (Å²) < 4.78 is 32.3. The van der Waals surface area contributed by atoms with E-state index >= 15 is 0 Å². The Hall–Kier alpha value is -1.24. The molecule has 0 aromatic heterocycles. The Kier molecular flexibility index (Phi) is 3.19. The van der Waals surface area contributed by atoms with Gasteiger partial charge in [-0.15, -0.1) is 11.8 Å². The first kappa shape index (κ1) is 13.7. The van der Waals surface area contributed by atoms with Crippen molar-refractivity contribution in [1.82, 2.24) is 0 Å². The van der Waals surface area contributed by atoms with E-state index in [0.717, 1.165) is 6.42 Å². The number of thioether (sulfide) groups is 1. The van der Waals surface area contributed by atoms with Crippen LogP contribution in [-0.2, 0) is 14.2 Å². The Morgan fingerprint density at radius 1 is 1.10 bits per heavy atom. The zero-order valence-corrected chi connectivity index (χ0v) is 12.2. The molecule has 4 nitrogen and oxygen atoms in total. The Bertz CT molecular complexity index is 762. The fourth-order valence-corrected chi connectivity index (χ4v) is 5.73. The van der Waals surface area contributed by atoms with Crippen molar-refractivity contribution < 1.29 is 18.1 Å². The van der Waals surface area contributed by atoms with Gasteiger partial charge >= 0.3 is 0 Å². The Labute approximate surface area is 121 Å². The largest absolute Gasteiger partial charge is 0.507 e. The summed E-state index contributed by atoms with van der Waals surface area (Å²) in [6, 6.07) is 10.2. The van der Waals surface area contributed by atoms with E-state index in [4.69, 9.17) is 0 Å². The van der Waals surface area contributed by atoms with Crippen LogP contribution < -0.4 is 0 Å². The summed E-state index contributed by atoms with van der Waals surface area (Å²) in [6.45, 7) is 0. The first-order chi connectivity index (χ1) is 9.46. The van der Waals surface area contributed by atoms with Crippen molar-refractivity contribution in [3.8, 4) is 5.75 Å². The highest BCUT2D eigenvalue weighted by atomic mass is 32.3. The van der Waals surface area contributed by atoms with E-state index in [2.05, 4.69) is 0 Å². The van der Waals surface area contributed by atoms with Gasteiger partial charge in [0.2, 0.25) is 0 Å². The van der Waals surface area contributed by atoms with Gasteiger partial charge in [0.05, 0.1) is 0 Å². The Balaban J connectivity index is 2.37. The molecule has 1 unspecified atom stereocenters. The molecule has 2 aromatic rings. The van der Waals surface area contributed by atoms with Crippen molar-refractivity contribution in [1.29, 1.82) is 0 Å². The quantitative estimate of drug-likeness (QED) is 0.834. The summed E-state index contributed by atoms with van der Waals surface area (Å²) >= 11 is 1.25. The molecule has 0 radical (unpaired) electrons. The summed E-state index contributed by atoms with van der Waals surface area (Å²) in [5, 5.41) is 11.2. The smallest absolute Gasteiger partial charge is 0.284 e. The van der Waals surface area contributed by atoms with Crippen LogP contribution in [0.1, 0.15) is 18.4 Å². The molecular formula is C14H14O4S2. The fourth-order valence-electron chi connectivity index (χ4n) is 2.78. The highest BCUT2D eigenvalue weighted by molar-refractivity contribution is 8.12. The number of hydrogen-bond donors (Lipinski definition) is 2. The number of fused-ring (bicyclic) bond motifs is 1. The van der Waals surface area contributed by atoms with E-state index in [1.165, 1.54) is 17.8 Å². The van der Waals surface area contributed by atoms with E-state index in [-0.39, 0.29) is 5.75 Å². The Morgan fingerprint density at radius 3 is 2.40 bits per heavy atom. The van der Waals surface area contributed by atoms with E-state index in [1.54, 1.807) is 30.3 Å². The van der Waals surface area contributed by atoms with Gasteiger partial charge in [0.15, 0.2) is 4.08 Å². The summed E-state index contributed by atoms with van der Waals surface area (Å²) in [5.74, 6) is 0.799. The monoisotopic (exact) mass is 310 g/mol. The first-order valence-corrected chi connectivity index (χ1v) is 8.70. The molecule has 0 amide bonds. The molecule has 20 heavy (non-hydrogen) atoms. The van der Waals surface area contributed by atoms with Crippen molar-refractivity contribution in [2.45, 2.75) is 16.9 Å². The van der Waals surface area contributed by atoms with Gasteiger partial charge in [0.1, 0.15) is 5.75 Å². The molecule has 0 aliphatic carbocycles. The van der Waals surface area contributed by atoms with Crippen LogP contribution >= 0.6 is 11.8 Å². The molecule has 106 valence electrons. The van der Waals surface area contributed by atoms with E-state index in [0.29, 0.717) is 28.5 Å². The number of phenolic OH excluding ortho intramolecular Hbond substituents is 1. The van der Waals surface area contributed by atoms with Crippen LogP contribution in [0.3, 0.4) is 0 Å². The molecule has 0 saturated carbocycles. The van der Waals surface area contributed by atoms with E-state index < -0.39 is 14.2 Å². The minimum Gasteiger partial charge on any atom is -0.507 e. The summed E-state index contributed by atoms with van der Waals surface area (Å²) in [5.41, 5.74) is 0.552. The number of hydrogen-bond acceptors (Lipinski definition) is 4. The lowest BCUT2D eigenvalue weighted by molar-refractivity contribution is 0.458. The molecule has 6 heteroatoms. The zero-order valence-electron chi connectivity index (χ0n) is 10.6. The predicted molar refractivity (Wildman–Crippen MR) is 80.5 cm³/mol. The SMILES string of the molecule is O=S(=O)(O)C1(c2ccc(O)c3ccccc23)CCCS1. The lowest BCUT2D eigenvalue weighted by Gasteiger charge is -2.26. The van der Waals surface area contributed by atoms with Crippen molar-refractivity contribution in [3.05, 3.63) is 42.0 Å². The third-order valence-electron chi connectivity index (χ3n) is 3.71. The van der Waals surface area contributed by atoms with Gasteiger partial charge < -0.3 is 5.11 Å². The van der Waals surface area contributed by atoms with Gasteiger partial charge in [-0.1, -0.05) is 30.3 Å². The van der Waals surface area contributed by atoms with Gasteiger partial charge in [-0.05, 0) is 35.6 Å². The highest BCUT2D eigenvalue weighted by Gasteiger charge is 2.48. The standard InChI is InChI=1S/C14H14O4S2/c15-13-7-6-12(10-4-1-2-5-11(10)13)14(20(16,17)18)8-3-9-19-14/h1-2,4-7,15H,3,8-9H2,(H,16,17,18). The van der Waals surface area contributed by atoms with Gasteiger partial charge in [-0.25, -0.2) is 0 Å². The van der Waals surface area contributed by atoms with Crippen molar-refractivity contribution >= 4 is 32.7 Å². The third-order valence-corrected chi connectivity index (χ3v) is 7.34. The molecule has 1 aliphatic rings. The molecule has 2 aromatic carbocycles. The van der Waals surface area contributed by atoms with Crippen molar-refractivity contribution in [2.75, 3.05) is 5.75 Å². The van der Waals surface area contributed by atoms with Crippen LogP contribution in [0, 0.1) is 0 Å². The topological polar surface area (TPSA) is 74.6 Å². The third kappa shape index (κ3) is 1.90. The Morgan fingerprint density at radius 2 is 1.80 bits per heavy atom. The first-order valence-electron chi connectivity index (χ1n) is 6.28. The molecule has 1 fully saturated rings. The molecule has 1 aliphatic heterocycles. The minimum absolute atomic E-state index is 0.109. The summed E-state index contributed by atoms with van der Waals surface area (Å²) in [7, 11) is -4.24. The zero-order chi connectivity index (χ0) is 14.4. The fraction of sp³-hybridized carbons (Fsp3) is 0.286. The highest BCUT2D eigenvalue weighted by Crippen LogP contribution is 2.52. The predicted octanol–water partition coefficient (Wildman–Crippen LogP) is 3.11. The summed E-state index contributed by atoms with van der Waals surface area (Å²) in [6.07, 6.45) is 1.12. The lowest BCUT2D eigenvalue weighted by Crippen LogP contribution is -2.29. The second kappa shape index (κ2) is 4.65. The number of rotatable bonds is 2. The normalized spacial score (nSPS) is 23.2. The molecule has 3 rings (SSSR count). The van der Waals surface area contributed by atoms with E-state index in [9.17, 15) is 18.1 Å². The average molecular weight is 310 g/mol. The van der Waals surface area contributed by atoms with Crippen LogP contribution in [-0.4, -0.2) is 23.8 Å². The number of aromatic hydroxyl groups is 1. The molecule has 1 saturated heterocycles. The molecule has 0 spiro atoms. The average Bonchev–Trinajstić information content (AvgIpc) is 2.90. The van der Waals surface area contributed by atoms with Crippen LogP contribution in [0.4, 0.5) is 0 Å². The second-order valence-electron chi connectivity index (χ2n) is 4.86. The van der Waals surface area contributed by atoms with Crippen LogP contribution in [0.25, 0.3) is 10.8 Å². The molecule has 1 atom stereocenters. The maximum Gasteiger partial charge on any atom is 0.284 e. The molecular weight excluding hydrogens is 296 g/mol. The second-order valence-corrected chi connectivity index (χ2v) is 8.16. The van der Waals surface area contributed by atoms with Crippen molar-refractivity contribution in [2.24, 2.45) is 0 Å². The van der Waals surface area contributed by atoms with Gasteiger partial charge in [0, 0.05) is 5.39 Å². The molecule has 1 heterocycles. The minimum atomic E-state index is -4.24. The van der Waals surface area contributed by atoms with Crippen LogP contribution in [0.5, 0.6) is 5.75 Å². The van der Waals surface area contributed by atoms with Gasteiger partial charge in [0.25, 0.3) is 10.1 Å².